The number of likely N-dealkylation sites (N-methyl/N-ethyl adjacent to an activating group) is 1. The monoisotopic (exact) mass is 448 g/mol. The van der Waals surface area contributed by atoms with E-state index in [1.54, 1.807) is 30.5 Å². The van der Waals surface area contributed by atoms with Crippen LogP contribution < -0.4 is 0 Å². The molecule has 0 radical (unpaired) electrons. The Hall–Kier alpha value is -2.27. The summed E-state index contributed by atoms with van der Waals surface area (Å²) < 4.78 is 45.5. The number of sulfonamides is 1. The van der Waals surface area contributed by atoms with Gasteiger partial charge in [-0.25, -0.2) is 22.8 Å². The highest BCUT2D eigenvalue weighted by Crippen LogP contribution is 2.25. The first kappa shape index (κ1) is 21.0. The Morgan fingerprint density at radius 1 is 1.10 bits per heavy atom. The number of thioether (sulfide) groups is 1. The summed E-state index contributed by atoms with van der Waals surface area (Å²) in [6, 6.07) is 9.23. The standard InChI is InChI=1S/C20H21FN4O3S2/c1-24-8-10-25(11-9-24)30(26,27)18-6-7-19(22-12-18)29-14-17-13-28-20(23-17)15-2-4-16(21)5-3-15/h2-7,12-13H,8-11,14H2,1H3. The fourth-order valence-corrected chi connectivity index (χ4v) is 5.12. The quantitative estimate of drug-likeness (QED) is 0.536. The minimum Gasteiger partial charge on any atom is -0.444 e. The van der Waals surface area contributed by atoms with Crippen molar-refractivity contribution in [2.75, 3.05) is 33.2 Å². The van der Waals surface area contributed by atoms with Gasteiger partial charge in [0.1, 0.15) is 17.0 Å². The lowest BCUT2D eigenvalue weighted by molar-refractivity contribution is 0.222. The molecule has 0 saturated carbocycles. The van der Waals surface area contributed by atoms with E-state index in [0.717, 1.165) is 18.8 Å². The predicted octanol–water partition coefficient (Wildman–Crippen LogP) is 3.10. The van der Waals surface area contributed by atoms with Crippen LogP contribution in [0.3, 0.4) is 0 Å². The molecular weight excluding hydrogens is 427 g/mol. The summed E-state index contributed by atoms with van der Waals surface area (Å²) in [5.74, 6) is 0.625. The summed E-state index contributed by atoms with van der Waals surface area (Å²) >= 11 is 1.43. The van der Waals surface area contributed by atoms with Crippen molar-refractivity contribution in [3.8, 4) is 11.5 Å². The molecule has 0 spiro atoms. The van der Waals surface area contributed by atoms with Gasteiger partial charge in [0.05, 0.1) is 10.7 Å². The number of nitrogens with zero attached hydrogens (tertiary/aromatic N) is 4. The van der Waals surface area contributed by atoms with Gasteiger partial charge in [-0.05, 0) is 43.4 Å². The second-order valence-electron chi connectivity index (χ2n) is 6.98. The highest BCUT2D eigenvalue weighted by Gasteiger charge is 2.27. The molecule has 2 aromatic heterocycles. The Labute approximate surface area is 179 Å². The minimum atomic E-state index is -3.52. The zero-order chi connectivity index (χ0) is 21.1. The molecule has 1 fully saturated rings. The van der Waals surface area contributed by atoms with Crippen LogP contribution in [0.5, 0.6) is 0 Å². The number of rotatable bonds is 6. The molecule has 1 aromatic carbocycles. The maximum absolute atomic E-state index is 13.0. The van der Waals surface area contributed by atoms with Crippen molar-refractivity contribution in [1.82, 2.24) is 19.2 Å². The maximum atomic E-state index is 13.0. The zero-order valence-electron chi connectivity index (χ0n) is 16.4. The lowest BCUT2D eigenvalue weighted by Gasteiger charge is -2.31. The molecule has 0 aliphatic carbocycles. The minimum absolute atomic E-state index is 0.205. The lowest BCUT2D eigenvalue weighted by Crippen LogP contribution is -2.47. The fourth-order valence-electron chi connectivity index (χ4n) is 3.03. The summed E-state index contributed by atoms with van der Waals surface area (Å²) in [7, 11) is -1.54. The van der Waals surface area contributed by atoms with E-state index in [0.29, 0.717) is 35.3 Å². The smallest absolute Gasteiger partial charge is 0.244 e. The van der Waals surface area contributed by atoms with Crippen LogP contribution in [-0.4, -0.2) is 60.8 Å². The molecule has 10 heteroatoms. The summed E-state index contributed by atoms with van der Waals surface area (Å²) in [5.41, 5.74) is 1.42. The molecule has 0 bridgehead atoms. The molecule has 3 aromatic rings. The maximum Gasteiger partial charge on any atom is 0.244 e. The van der Waals surface area contributed by atoms with Crippen LogP contribution in [0.1, 0.15) is 5.69 Å². The summed E-state index contributed by atoms with van der Waals surface area (Å²) in [5, 5.41) is 0.693. The highest BCUT2D eigenvalue weighted by molar-refractivity contribution is 7.98. The van der Waals surface area contributed by atoms with E-state index in [2.05, 4.69) is 14.9 Å². The van der Waals surface area contributed by atoms with Crippen LogP contribution >= 0.6 is 11.8 Å². The zero-order valence-corrected chi connectivity index (χ0v) is 18.0. The summed E-state index contributed by atoms with van der Waals surface area (Å²) in [6.45, 7) is 2.41. The molecule has 158 valence electrons. The normalized spacial score (nSPS) is 16.1. The van der Waals surface area contributed by atoms with Crippen LogP contribution in [-0.2, 0) is 15.8 Å². The molecule has 3 heterocycles. The van der Waals surface area contributed by atoms with Gasteiger partial charge in [0.25, 0.3) is 0 Å². The Balaban J connectivity index is 1.38. The number of hydrogen-bond acceptors (Lipinski definition) is 7. The SMILES string of the molecule is CN1CCN(S(=O)(=O)c2ccc(SCc3coc(-c4ccc(F)cc4)n3)nc2)CC1. The Kier molecular flexibility index (Phi) is 6.19. The van der Waals surface area contributed by atoms with E-state index >= 15 is 0 Å². The fraction of sp³-hybridized carbons (Fsp3) is 0.300. The van der Waals surface area contributed by atoms with Crippen molar-refractivity contribution in [3.63, 3.8) is 0 Å². The number of benzene rings is 1. The number of piperazine rings is 1. The molecule has 0 atom stereocenters. The van der Waals surface area contributed by atoms with E-state index in [9.17, 15) is 12.8 Å². The third kappa shape index (κ3) is 4.72. The van der Waals surface area contributed by atoms with Gasteiger partial charge < -0.3 is 9.32 Å². The lowest BCUT2D eigenvalue weighted by atomic mass is 10.2. The molecule has 1 aliphatic rings. The number of hydrogen-bond donors (Lipinski definition) is 0. The van der Waals surface area contributed by atoms with Crippen molar-refractivity contribution in [3.05, 3.63) is 60.4 Å². The average molecular weight is 449 g/mol. The molecule has 1 aliphatic heterocycles. The first-order chi connectivity index (χ1) is 14.4. The predicted molar refractivity (Wildman–Crippen MR) is 112 cm³/mol. The van der Waals surface area contributed by atoms with Crippen molar-refractivity contribution in [2.45, 2.75) is 15.7 Å². The third-order valence-corrected chi connectivity index (χ3v) is 7.68. The van der Waals surface area contributed by atoms with Gasteiger partial charge in [-0.2, -0.15) is 4.31 Å². The Morgan fingerprint density at radius 2 is 1.83 bits per heavy atom. The van der Waals surface area contributed by atoms with E-state index in [4.69, 9.17) is 4.42 Å². The Morgan fingerprint density at radius 3 is 2.50 bits per heavy atom. The van der Waals surface area contributed by atoms with Gasteiger partial charge in [0, 0.05) is 43.7 Å². The van der Waals surface area contributed by atoms with Crippen LogP contribution in [0.2, 0.25) is 0 Å². The molecule has 4 rings (SSSR count). The van der Waals surface area contributed by atoms with E-state index < -0.39 is 10.0 Å². The van der Waals surface area contributed by atoms with Crippen LogP contribution in [0.25, 0.3) is 11.5 Å². The first-order valence-electron chi connectivity index (χ1n) is 9.40. The van der Waals surface area contributed by atoms with Crippen molar-refractivity contribution >= 4 is 21.8 Å². The van der Waals surface area contributed by atoms with Crippen molar-refractivity contribution in [2.24, 2.45) is 0 Å². The topological polar surface area (TPSA) is 79.5 Å². The molecule has 1 saturated heterocycles. The van der Waals surface area contributed by atoms with Gasteiger partial charge >= 0.3 is 0 Å². The van der Waals surface area contributed by atoms with Crippen LogP contribution in [0.15, 0.2) is 63.2 Å². The van der Waals surface area contributed by atoms with Crippen molar-refractivity contribution < 1.29 is 17.2 Å². The van der Waals surface area contributed by atoms with Crippen LogP contribution in [0.4, 0.5) is 4.39 Å². The molecule has 7 nitrogen and oxygen atoms in total. The van der Waals surface area contributed by atoms with Gasteiger partial charge in [-0.3, -0.25) is 0 Å². The summed E-state index contributed by atoms with van der Waals surface area (Å²) in [6.07, 6.45) is 2.96. The second-order valence-corrected chi connectivity index (χ2v) is 9.91. The number of halogens is 1. The molecule has 0 N–H and O–H groups in total. The Bertz CT molecular complexity index is 1090. The highest BCUT2D eigenvalue weighted by atomic mass is 32.2. The third-order valence-electron chi connectivity index (χ3n) is 4.82. The average Bonchev–Trinajstić information content (AvgIpc) is 3.22. The van der Waals surface area contributed by atoms with E-state index in [1.807, 2.05) is 7.05 Å². The molecular formula is C20H21FN4O3S2. The number of aromatic nitrogens is 2. The second kappa shape index (κ2) is 8.84. The number of pyridine rings is 1. The van der Waals surface area contributed by atoms with Crippen LogP contribution in [0, 0.1) is 5.82 Å². The molecule has 30 heavy (non-hydrogen) atoms. The van der Waals surface area contributed by atoms with Gasteiger partial charge in [0.2, 0.25) is 15.9 Å². The largest absolute Gasteiger partial charge is 0.444 e. The number of oxazole rings is 1. The van der Waals surface area contributed by atoms with Gasteiger partial charge in [-0.1, -0.05) is 11.8 Å². The van der Waals surface area contributed by atoms with E-state index in [1.165, 1.54) is 34.4 Å². The summed E-state index contributed by atoms with van der Waals surface area (Å²) in [4.78, 5) is 11.0. The molecule has 0 amide bonds. The van der Waals surface area contributed by atoms with Gasteiger partial charge in [0.15, 0.2) is 0 Å². The first-order valence-corrected chi connectivity index (χ1v) is 11.8. The van der Waals surface area contributed by atoms with Crippen molar-refractivity contribution in [1.29, 1.82) is 0 Å². The van der Waals surface area contributed by atoms with E-state index in [-0.39, 0.29) is 10.7 Å². The van der Waals surface area contributed by atoms with Gasteiger partial charge in [-0.15, -0.1) is 0 Å². The molecule has 0 unspecified atom stereocenters.